The number of allylic oxidation sites excluding steroid dienone is 3. The van der Waals surface area contributed by atoms with Crippen LogP contribution in [0.1, 0.15) is 38.4 Å². The van der Waals surface area contributed by atoms with E-state index in [2.05, 4.69) is 0 Å². The molecule has 5 nitrogen and oxygen atoms in total. The highest BCUT2D eigenvalue weighted by molar-refractivity contribution is 5.83. The van der Waals surface area contributed by atoms with Crippen molar-refractivity contribution >= 4 is 5.97 Å². The summed E-state index contributed by atoms with van der Waals surface area (Å²) >= 11 is 0. The standard InChI is InChI=1S/C19H26O5/c1-3-23-19(22)14-15(2)6-4-5-7-18(21)16-8-10-17(11-9-16)24-13-12-20/h4,6,8-11,14,18,20-21H,3,5,7,12-13H2,1-2H3/b6-4+,15-14+/t18-/m1/s1. The van der Waals surface area contributed by atoms with E-state index in [1.165, 1.54) is 6.08 Å². The highest BCUT2D eigenvalue weighted by Gasteiger charge is 2.06. The van der Waals surface area contributed by atoms with Crippen LogP contribution in [0.5, 0.6) is 5.75 Å². The first kappa shape index (κ1) is 19.9. The number of carbonyl (C=O) groups excluding carboxylic acids is 1. The van der Waals surface area contributed by atoms with Gasteiger partial charge in [0.25, 0.3) is 0 Å². The molecule has 24 heavy (non-hydrogen) atoms. The van der Waals surface area contributed by atoms with Gasteiger partial charge in [0, 0.05) is 6.08 Å². The Kier molecular flexibility index (Phi) is 9.49. The molecule has 0 saturated heterocycles. The molecule has 1 aromatic rings. The molecule has 0 amide bonds. The molecule has 0 heterocycles. The lowest BCUT2D eigenvalue weighted by atomic mass is 10.0. The molecule has 0 aliphatic heterocycles. The van der Waals surface area contributed by atoms with Gasteiger partial charge in [0.1, 0.15) is 12.4 Å². The fourth-order valence-corrected chi connectivity index (χ4v) is 2.06. The summed E-state index contributed by atoms with van der Waals surface area (Å²) in [6, 6.07) is 7.17. The Hall–Kier alpha value is -2.11. The largest absolute Gasteiger partial charge is 0.491 e. The summed E-state index contributed by atoms with van der Waals surface area (Å²) in [5.74, 6) is 0.322. The summed E-state index contributed by atoms with van der Waals surface area (Å²) in [6.45, 7) is 4.19. The lowest BCUT2D eigenvalue weighted by molar-refractivity contribution is -0.137. The fraction of sp³-hybridized carbons (Fsp3) is 0.421. The van der Waals surface area contributed by atoms with Crippen LogP contribution in [0.15, 0.2) is 48.1 Å². The summed E-state index contributed by atoms with van der Waals surface area (Å²) in [5, 5.41) is 18.9. The molecule has 2 N–H and O–H groups in total. The highest BCUT2D eigenvalue weighted by Crippen LogP contribution is 2.21. The van der Waals surface area contributed by atoms with Gasteiger partial charge in [0.2, 0.25) is 0 Å². The lowest BCUT2D eigenvalue weighted by Gasteiger charge is -2.11. The number of hydrogen-bond donors (Lipinski definition) is 2. The fourth-order valence-electron chi connectivity index (χ4n) is 2.06. The van der Waals surface area contributed by atoms with E-state index in [0.717, 1.165) is 11.1 Å². The normalized spacial score (nSPS) is 13.1. The number of carbonyl (C=O) groups is 1. The van der Waals surface area contributed by atoms with Gasteiger partial charge in [-0.1, -0.05) is 24.3 Å². The minimum absolute atomic E-state index is 0.0270. The highest BCUT2D eigenvalue weighted by atomic mass is 16.5. The molecule has 0 unspecified atom stereocenters. The van der Waals surface area contributed by atoms with Crippen LogP contribution >= 0.6 is 0 Å². The second-order valence-corrected chi connectivity index (χ2v) is 5.28. The quantitative estimate of drug-likeness (QED) is 0.391. The van der Waals surface area contributed by atoms with Crippen LogP contribution in [-0.2, 0) is 9.53 Å². The third-order valence-corrected chi connectivity index (χ3v) is 3.24. The molecule has 1 atom stereocenters. The smallest absolute Gasteiger partial charge is 0.330 e. The molecule has 1 aromatic carbocycles. The SMILES string of the molecule is CCOC(=O)/C=C(C)/C=C/CC[C@@H](O)c1ccc(OCCO)cc1. The van der Waals surface area contributed by atoms with Gasteiger partial charge in [0.15, 0.2) is 0 Å². The molecule has 0 bridgehead atoms. The Labute approximate surface area is 143 Å². The first-order valence-corrected chi connectivity index (χ1v) is 8.10. The van der Waals surface area contributed by atoms with E-state index in [0.29, 0.717) is 25.2 Å². The van der Waals surface area contributed by atoms with E-state index >= 15 is 0 Å². The van der Waals surface area contributed by atoms with Crippen LogP contribution in [0.4, 0.5) is 0 Å². The van der Waals surface area contributed by atoms with Gasteiger partial charge in [-0.3, -0.25) is 0 Å². The van der Waals surface area contributed by atoms with E-state index in [9.17, 15) is 9.90 Å². The predicted octanol–water partition coefficient (Wildman–Crippen LogP) is 2.94. The Bertz CT molecular complexity index is 545. The zero-order chi connectivity index (χ0) is 17.8. The Balaban J connectivity index is 2.41. The van der Waals surface area contributed by atoms with Crippen molar-refractivity contribution in [2.45, 2.75) is 32.8 Å². The first-order valence-electron chi connectivity index (χ1n) is 8.10. The van der Waals surface area contributed by atoms with Crippen LogP contribution in [-0.4, -0.2) is 36.0 Å². The van der Waals surface area contributed by atoms with Crippen molar-refractivity contribution in [2.24, 2.45) is 0 Å². The predicted molar refractivity (Wildman–Crippen MR) is 92.7 cm³/mol. The van der Waals surface area contributed by atoms with Crippen LogP contribution in [0.25, 0.3) is 0 Å². The minimum Gasteiger partial charge on any atom is -0.491 e. The third-order valence-electron chi connectivity index (χ3n) is 3.24. The zero-order valence-corrected chi connectivity index (χ0v) is 14.3. The van der Waals surface area contributed by atoms with Gasteiger partial charge in [-0.25, -0.2) is 4.79 Å². The van der Waals surface area contributed by atoms with Gasteiger partial charge in [0.05, 0.1) is 19.3 Å². The molecule has 0 radical (unpaired) electrons. The number of aliphatic hydroxyl groups is 2. The number of aliphatic hydroxyl groups excluding tert-OH is 2. The number of esters is 1. The first-order chi connectivity index (χ1) is 11.6. The number of ether oxygens (including phenoxy) is 2. The number of hydrogen-bond acceptors (Lipinski definition) is 5. The van der Waals surface area contributed by atoms with Gasteiger partial charge in [-0.05, 0) is 50.0 Å². The maximum atomic E-state index is 11.3. The summed E-state index contributed by atoms with van der Waals surface area (Å²) < 4.78 is 10.1. The van der Waals surface area contributed by atoms with Gasteiger partial charge >= 0.3 is 5.97 Å². The average molecular weight is 334 g/mol. The van der Waals surface area contributed by atoms with E-state index in [-0.39, 0.29) is 19.2 Å². The van der Waals surface area contributed by atoms with E-state index in [1.807, 2.05) is 31.2 Å². The Morgan fingerprint density at radius 1 is 1.29 bits per heavy atom. The van der Waals surface area contributed by atoms with Crippen molar-refractivity contribution in [2.75, 3.05) is 19.8 Å². The van der Waals surface area contributed by atoms with Crippen molar-refractivity contribution in [3.05, 3.63) is 53.6 Å². The maximum absolute atomic E-state index is 11.3. The van der Waals surface area contributed by atoms with Crippen molar-refractivity contribution in [3.8, 4) is 5.75 Å². The van der Waals surface area contributed by atoms with Crippen molar-refractivity contribution < 1.29 is 24.5 Å². The number of benzene rings is 1. The maximum Gasteiger partial charge on any atom is 0.330 e. The van der Waals surface area contributed by atoms with Crippen LogP contribution in [0.3, 0.4) is 0 Å². The van der Waals surface area contributed by atoms with Gasteiger partial charge in [-0.15, -0.1) is 0 Å². The molecule has 0 aliphatic rings. The second-order valence-electron chi connectivity index (χ2n) is 5.28. The molecule has 0 fully saturated rings. The van der Waals surface area contributed by atoms with Crippen LogP contribution < -0.4 is 4.74 Å². The van der Waals surface area contributed by atoms with Crippen LogP contribution in [0, 0.1) is 0 Å². The van der Waals surface area contributed by atoms with Gasteiger partial charge < -0.3 is 19.7 Å². The summed E-state index contributed by atoms with van der Waals surface area (Å²) in [4.78, 5) is 11.3. The lowest BCUT2D eigenvalue weighted by Crippen LogP contribution is -2.02. The van der Waals surface area contributed by atoms with Crippen molar-refractivity contribution in [1.82, 2.24) is 0 Å². The third kappa shape index (κ3) is 7.94. The Morgan fingerprint density at radius 2 is 2.00 bits per heavy atom. The van der Waals surface area contributed by atoms with Crippen molar-refractivity contribution in [1.29, 1.82) is 0 Å². The van der Waals surface area contributed by atoms with E-state index in [1.54, 1.807) is 19.1 Å². The summed E-state index contributed by atoms with van der Waals surface area (Å²) in [6.07, 6.45) is 5.93. The number of rotatable bonds is 10. The molecule has 1 rings (SSSR count). The van der Waals surface area contributed by atoms with Crippen molar-refractivity contribution in [3.63, 3.8) is 0 Å². The molecule has 0 spiro atoms. The molecule has 0 aliphatic carbocycles. The molecular weight excluding hydrogens is 308 g/mol. The zero-order valence-electron chi connectivity index (χ0n) is 14.3. The van der Waals surface area contributed by atoms with E-state index in [4.69, 9.17) is 14.6 Å². The average Bonchev–Trinajstić information content (AvgIpc) is 2.57. The monoisotopic (exact) mass is 334 g/mol. The molecule has 0 aromatic heterocycles. The van der Waals surface area contributed by atoms with E-state index < -0.39 is 6.10 Å². The second kappa shape index (κ2) is 11.4. The Morgan fingerprint density at radius 3 is 2.62 bits per heavy atom. The molecular formula is C19H26O5. The topological polar surface area (TPSA) is 76.0 Å². The van der Waals surface area contributed by atoms with Gasteiger partial charge in [-0.2, -0.15) is 0 Å². The summed E-state index contributed by atoms with van der Waals surface area (Å²) in [5.41, 5.74) is 1.63. The molecule has 132 valence electrons. The summed E-state index contributed by atoms with van der Waals surface area (Å²) in [7, 11) is 0. The molecule has 0 saturated carbocycles. The minimum atomic E-state index is -0.559. The van der Waals surface area contributed by atoms with Crippen LogP contribution in [0.2, 0.25) is 0 Å². The molecule has 5 heteroatoms.